The monoisotopic (exact) mass is 212 g/mol. The van der Waals surface area contributed by atoms with E-state index in [9.17, 15) is 0 Å². The number of hydrogen-bond donors (Lipinski definition) is 1. The van der Waals surface area contributed by atoms with E-state index in [0.717, 1.165) is 13.0 Å². The minimum absolute atomic E-state index is 0.117. The highest BCUT2D eigenvalue weighted by atomic mass is 16.7. The Hall–Kier alpha value is -0.160. The molecule has 3 fully saturated rings. The summed E-state index contributed by atoms with van der Waals surface area (Å²) in [6, 6.07) is 0.489. The molecule has 4 nitrogen and oxygen atoms in total. The van der Waals surface area contributed by atoms with Crippen molar-refractivity contribution in [2.45, 2.75) is 43.6 Å². The van der Waals surface area contributed by atoms with Gasteiger partial charge in [-0.1, -0.05) is 6.42 Å². The molecule has 0 radical (unpaired) electrons. The van der Waals surface area contributed by atoms with Gasteiger partial charge in [-0.15, -0.1) is 0 Å². The first-order valence-corrected chi connectivity index (χ1v) is 6.10. The minimum Gasteiger partial charge on any atom is -0.346 e. The molecule has 3 saturated heterocycles. The van der Waals surface area contributed by atoms with Gasteiger partial charge in [-0.3, -0.25) is 4.90 Å². The molecule has 0 aromatic carbocycles. The Balaban J connectivity index is 1.76. The van der Waals surface area contributed by atoms with Crippen molar-refractivity contribution >= 4 is 0 Å². The maximum atomic E-state index is 6.04. The van der Waals surface area contributed by atoms with Crippen molar-refractivity contribution in [3.8, 4) is 0 Å². The van der Waals surface area contributed by atoms with Gasteiger partial charge in [0.15, 0.2) is 5.79 Å². The molecular weight excluding hydrogens is 192 g/mol. The SMILES string of the molecule is NCC1COC2(CCN3CCCCC32)O1. The zero-order valence-electron chi connectivity index (χ0n) is 9.15. The minimum atomic E-state index is -0.301. The summed E-state index contributed by atoms with van der Waals surface area (Å²) in [4.78, 5) is 2.53. The highest BCUT2D eigenvalue weighted by Crippen LogP contribution is 2.42. The number of piperidine rings is 1. The van der Waals surface area contributed by atoms with Crippen LogP contribution in [0.2, 0.25) is 0 Å². The Morgan fingerprint density at radius 2 is 2.27 bits per heavy atom. The highest BCUT2D eigenvalue weighted by molar-refractivity contribution is 4.99. The summed E-state index contributed by atoms with van der Waals surface area (Å²) >= 11 is 0. The zero-order valence-corrected chi connectivity index (χ0v) is 9.15. The first-order valence-electron chi connectivity index (χ1n) is 6.10. The highest BCUT2D eigenvalue weighted by Gasteiger charge is 2.54. The fourth-order valence-electron chi connectivity index (χ4n) is 3.23. The molecule has 0 saturated carbocycles. The van der Waals surface area contributed by atoms with Crippen molar-refractivity contribution < 1.29 is 9.47 Å². The number of nitrogens with zero attached hydrogens (tertiary/aromatic N) is 1. The predicted octanol–water partition coefficient (Wildman–Crippen LogP) is 0.315. The van der Waals surface area contributed by atoms with E-state index in [1.165, 1.54) is 25.8 Å². The number of rotatable bonds is 1. The van der Waals surface area contributed by atoms with Crippen molar-refractivity contribution in [3.05, 3.63) is 0 Å². The van der Waals surface area contributed by atoms with Crippen molar-refractivity contribution in [3.63, 3.8) is 0 Å². The fraction of sp³-hybridized carbons (Fsp3) is 1.00. The molecule has 3 rings (SSSR count). The fourth-order valence-corrected chi connectivity index (χ4v) is 3.23. The summed E-state index contributed by atoms with van der Waals surface area (Å²) < 4.78 is 12.0. The van der Waals surface area contributed by atoms with Crippen LogP contribution in [0.25, 0.3) is 0 Å². The molecule has 3 atom stereocenters. The van der Waals surface area contributed by atoms with Crippen LogP contribution in [0.15, 0.2) is 0 Å². The first-order chi connectivity index (χ1) is 7.34. The number of fused-ring (bicyclic) bond motifs is 2. The molecule has 0 amide bonds. The van der Waals surface area contributed by atoms with Crippen LogP contribution in [-0.4, -0.2) is 49.1 Å². The van der Waals surface area contributed by atoms with Gasteiger partial charge in [0, 0.05) is 19.5 Å². The van der Waals surface area contributed by atoms with E-state index in [0.29, 0.717) is 19.2 Å². The van der Waals surface area contributed by atoms with Crippen molar-refractivity contribution in [2.75, 3.05) is 26.2 Å². The smallest absolute Gasteiger partial charge is 0.185 e. The van der Waals surface area contributed by atoms with E-state index >= 15 is 0 Å². The normalized spacial score (nSPS) is 46.2. The maximum absolute atomic E-state index is 6.04. The van der Waals surface area contributed by atoms with Gasteiger partial charge in [0.2, 0.25) is 0 Å². The standard InChI is InChI=1S/C11H20N2O2/c12-7-9-8-14-11(15-9)4-6-13-5-2-1-3-10(11)13/h9-10H,1-8,12H2. The summed E-state index contributed by atoms with van der Waals surface area (Å²) in [5.41, 5.74) is 5.63. The molecule has 1 spiro atoms. The molecule has 15 heavy (non-hydrogen) atoms. The second-order valence-electron chi connectivity index (χ2n) is 4.90. The lowest BCUT2D eigenvalue weighted by atomic mass is 9.98. The van der Waals surface area contributed by atoms with Crippen LogP contribution in [-0.2, 0) is 9.47 Å². The van der Waals surface area contributed by atoms with E-state index < -0.39 is 0 Å². The van der Waals surface area contributed by atoms with Gasteiger partial charge in [-0.05, 0) is 19.4 Å². The van der Waals surface area contributed by atoms with Crippen LogP contribution in [0.4, 0.5) is 0 Å². The Labute approximate surface area is 90.7 Å². The van der Waals surface area contributed by atoms with Crippen LogP contribution in [0.3, 0.4) is 0 Å². The lowest BCUT2D eigenvalue weighted by molar-refractivity contribution is -0.186. The van der Waals surface area contributed by atoms with Gasteiger partial charge >= 0.3 is 0 Å². The van der Waals surface area contributed by atoms with E-state index in [2.05, 4.69) is 4.90 Å². The molecule has 4 heteroatoms. The van der Waals surface area contributed by atoms with Crippen molar-refractivity contribution in [2.24, 2.45) is 5.73 Å². The second kappa shape index (κ2) is 3.70. The van der Waals surface area contributed by atoms with Crippen LogP contribution in [0.1, 0.15) is 25.7 Å². The Morgan fingerprint density at radius 1 is 1.33 bits per heavy atom. The van der Waals surface area contributed by atoms with Gasteiger partial charge in [0.25, 0.3) is 0 Å². The molecule has 3 aliphatic heterocycles. The summed E-state index contributed by atoms with van der Waals surface area (Å²) in [7, 11) is 0. The summed E-state index contributed by atoms with van der Waals surface area (Å²) in [6.07, 6.45) is 4.99. The lowest BCUT2D eigenvalue weighted by Gasteiger charge is -2.36. The molecular formula is C11H20N2O2. The topological polar surface area (TPSA) is 47.7 Å². The molecule has 2 N–H and O–H groups in total. The molecule has 0 aromatic rings. The maximum Gasteiger partial charge on any atom is 0.185 e. The van der Waals surface area contributed by atoms with Gasteiger partial charge in [0.05, 0.1) is 18.8 Å². The average Bonchev–Trinajstić information content (AvgIpc) is 2.86. The van der Waals surface area contributed by atoms with Gasteiger partial charge in [0.1, 0.15) is 0 Å². The Kier molecular flexibility index (Phi) is 2.47. The van der Waals surface area contributed by atoms with Crippen LogP contribution < -0.4 is 5.73 Å². The average molecular weight is 212 g/mol. The quantitative estimate of drug-likeness (QED) is 0.680. The molecule has 0 bridgehead atoms. The summed E-state index contributed by atoms with van der Waals surface area (Å²) in [6.45, 7) is 3.60. The molecule has 0 aliphatic carbocycles. The van der Waals surface area contributed by atoms with Crippen molar-refractivity contribution in [1.29, 1.82) is 0 Å². The number of hydrogen-bond acceptors (Lipinski definition) is 4. The third kappa shape index (κ3) is 1.51. The number of nitrogens with two attached hydrogens (primary N) is 1. The van der Waals surface area contributed by atoms with Crippen LogP contribution >= 0.6 is 0 Å². The van der Waals surface area contributed by atoms with E-state index in [1.807, 2.05) is 0 Å². The van der Waals surface area contributed by atoms with Gasteiger partial charge in [-0.2, -0.15) is 0 Å². The first kappa shape index (κ1) is 10.0. The largest absolute Gasteiger partial charge is 0.346 e. The van der Waals surface area contributed by atoms with E-state index in [1.54, 1.807) is 0 Å². The van der Waals surface area contributed by atoms with Crippen LogP contribution in [0.5, 0.6) is 0 Å². The Bertz CT molecular complexity index is 245. The van der Waals surface area contributed by atoms with Gasteiger partial charge < -0.3 is 15.2 Å². The van der Waals surface area contributed by atoms with Crippen molar-refractivity contribution in [1.82, 2.24) is 4.90 Å². The second-order valence-corrected chi connectivity index (χ2v) is 4.90. The Morgan fingerprint density at radius 3 is 3.07 bits per heavy atom. The molecule has 3 heterocycles. The third-order valence-corrected chi connectivity index (χ3v) is 4.01. The molecule has 3 unspecified atom stereocenters. The molecule has 3 aliphatic rings. The summed E-state index contributed by atoms with van der Waals surface area (Å²) in [5.74, 6) is -0.301. The van der Waals surface area contributed by atoms with E-state index in [4.69, 9.17) is 15.2 Å². The van der Waals surface area contributed by atoms with Gasteiger partial charge in [-0.25, -0.2) is 0 Å². The zero-order chi connectivity index (χ0) is 10.3. The summed E-state index contributed by atoms with van der Waals surface area (Å²) in [5, 5.41) is 0. The van der Waals surface area contributed by atoms with E-state index in [-0.39, 0.29) is 11.9 Å². The third-order valence-electron chi connectivity index (χ3n) is 4.01. The predicted molar refractivity (Wildman–Crippen MR) is 56.4 cm³/mol. The lowest BCUT2D eigenvalue weighted by Crippen LogP contribution is -2.48. The molecule has 86 valence electrons. The van der Waals surface area contributed by atoms with Crippen LogP contribution in [0, 0.1) is 0 Å². The molecule has 0 aromatic heterocycles. The number of ether oxygens (including phenoxy) is 2.